The minimum absolute atomic E-state index is 0.0650. The van der Waals surface area contributed by atoms with E-state index in [2.05, 4.69) is 39.4 Å². The number of carbonyl (C=O) groups is 1. The molecule has 0 spiro atoms. The molecule has 3 aromatic rings. The zero-order chi connectivity index (χ0) is 19.0. The third-order valence-corrected chi connectivity index (χ3v) is 5.13. The van der Waals surface area contributed by atoms with Crippen molar-refractivity contribution in [3.63, 3.8) is 0 Å². The van der Waals surface area contributed by atoms with E-state index in [1.807, 2.05) is 40.7 Å². The van der Waals surface area contributed by atoms with Gasteiger partial charge in [-0.3, -0.25) is 4.79 Å². The topological polar surface area (TPSA) is 72.2 Å². The number of aromatic nitrogens is 4. The summed E-state index contributed by atoms with van der Waals surface area (Å²) in [6.07, 6.45) is 0. The lowest BCUT2D eigenvalue weighted by Crippen LogP contribution is -2.23. The van der Waals surface area contributed by atoms with Crippen LogP contribution in [0.25, 0.3) is 5.78 Å². The molecule has 1 N–H and O–H groups in total. The average molecular weight is 369 g/mol. The number of thioether (sulfide) groups is 1. The van der Waals surface area contributed by atoms with Crippen LogP contribution in [-0.4, -0.2) is 30.7 Å². The Labute approximate surface area is 157 Å². The number of nitrogens with one attached hydrogen (secondary N) is 1. The van der Waals surface area contributed by atoms with Gasteiger partial charge in [0.1, 0.15) is 0 Å². The number of benzene rings is 1. The summed E-state index contributed by atoms with van der Waals surface area (Å²) in [6, 6.07) is 6.09. The van der Waals surface area contributed by atoms with Crippen LogP contribution < -0.4 is 5.32 Å². The van der Waals surface area contributed by atoms with Gasteiger partial charge in [0.05, 0.1) is 5.25 Å². The van der Waals surface area contributed by atoms with Crippen molar-refractivity contribution in [2.24, 2.45) is 0 Å². The molecule has 7 heteroatoms. The quantitative estimate of drug-likeness (QED) is 0.709. The highest BCUT2D eigenvalue weighted by Gasteiger charge is 2.19. The van der Waals surface area contributed by atoms with E-state index in [4.69, 9.17) is 0 Å². The highest BCUT2D eigenvalue weighted by atomic mass is 32.2. The van der Waals surface area contributed by atoms with E-state index in [9.17, 15) is 4.79 Å². The van der Waals surface area contributed by atoms with Gasteiger partial charge in [-0.05, 0) is 58.7 Å². The van der Waals surface area contributed by atoms with Gasteiger partial charge in [-0.2, -0.15) is 4.98 Å². The van der Waals surface area contributed by atoms with Crippen molar-refractivity contribution in [2.45, 2.75) is 51.9 Å². The SMILES string of the molecule is Cc1cc(C)c(NC(=O)[C@H](C)Sc2nc3nc(C)cc(C)n3n2)c(C)c1. The van der Waals surface area contributed by atoms with Crippen LogP contribution >= 0.6 is 11.8 Å². The molecule has 0 fully saturated rings. The van der Waals surface area contributed by atoms with Gasteiger partial charge in [0.15, 0.2) is 0 Å². The fourth-order valence-electron chi connectivity index (χ4n) is 3.01. The van der Waals surface area contributed by atoms with Gasteiger partial charge in [-0.1, -0.05) is 29.5 Å². The van der Waals surface area contributed by atoms with E-state index < -0.39 is 0 Å². The Morgan fingerprint density at radius 2 is 1.73 bits per heavy atom. The third-order valence-electron chi connectivity index (χ3n) is 4.18. The van der Waals surface area contributed by atoms with Gasteiger partial charge in [0, 0.05) is 17.1 Å². The molecular formula is C19H23N5OS. The maximum Gasteiger partial charge on any atom is 0.253 e. The predicted octanol–water partition coefficient (Wildman–Crippen LogP) is 3.79. The molecule has 1 aromatic carbocycles. The molecule has 2 aromatic heterocycles. The highest BCUT2D eigenvalue weighted by molar-refractivity contribution is 8.00. The maximum atomic E-state index is 12.6. The van der Waals surface area contributed by atoms with Crippen molar-refractivity contribution in [3.8, 4) is 0 Å². The highest BCUT2D eigenvalue weighted by Crippen LogP contribution is 2.25. The number of hydrogen-bond acceptors (Lipinski definition) is 5. The van der Waals surface area contributed by atoms with Crippen LogP contribution in [0.5, 0.6) is 0 Å². The van der Waals surface area contributed by atoms with Crippen molar-refractivity contribution >= 4 is 29.1 Å². The van der Waals surface area contributed by atoms with Crippen LogP contribution in [0.1, 0.15) is 35.0 Å². The Morgan fingerprint density at radius 3 is 2.38 bits per heavy atom. The molecule has 1 amide bonds. The zero-order valence-electron chi connectivity index (χ0n) is 15.9. The van der Waals surface area contributed by atoms with Gasteiger partial charge < -0.3 is 5.32 Å². The van der Waals surface area contributed by atoms with E-state index in [0.717, 1.165) is 28.2 Å². The minimum Gasteiger partial charge on any atom is -0.325 e. The summed E-state index contributed by atoms with van der Waals surface area (Å²) in [5.74, 6) is 0.493. The fourth-order valence-corrected chi connectivity index (χ4v) is 3.76. The molecule has 0 aliphatic heterocycles. The van der Waals surface area contributed by atoms with Gasteiger partial charge >= 0.3 is 0 Å². The van der Waals surface area contributed by atoms with Crippen LogP contribution in [0.4, 0.5) is 5.69 Å². The Bertz CT molecular complexity index is 972. The number of hydrogen-bond donors (Lipinski definition) is 1. The Kier molecular flexibility index (Phi) is 5.00. The molecule has 0 saturated carbocycles. The first kappa shape index (κ1) is 18.4. The molecule has 1 atom stereocenters. The molecule has 0 radical (unpaired) electrons. The molecule has 0 aliphatic rings. The summed E-state index contributed by atoms with van der Waals surface area (Å²) >= 11 is 1.33. The van der Waals surface area contributed by atoms with Gasteiger partial charge in [-0.15, -0.1) is 5.10 Å². The van der Waals surface area contributed by atoms with E-state index in [1.165, 1.54) is 17.3 Å². The molecule has 3 rings (SSSR count). The molecule has 0 saturated heterocycles. The first-order chi connectivity index (χ1) is 12.2. The molecule has 136 valence electrons. The van der Waals surface area contributed by atoms with Crippen molar-refractivity contribution in [1.82, 2.24) is 19.6 Å². The van der Waals surface area contributed by atoms with E-state index >= 15 is 0 Å². The summed E-state index contributed by atoms with van der Waals surface area (Å²) in [5, 5.41) is 7.72. The molecule has 26 heavy (non-hydrogen) atoms. The van der Waals surface area contributed by atoms with E-state index in [1.54, 1.807) is 4.52 Å². The van der Waals surface area contributed by atoms with E-state index in [0.29, 0.717) is 10.9 Å². The molecule has 2 heterocycles. The standard InChI is InChI=1S/C19H23N5OS/c1-10-7-11(2)16(12(3)8-10)21-17(25)15(6)26-19-22-18-20-13(4)9-14(5)24(18)23-19/h7-9,15H,1-6H3,(H,21,25)/t15-/m0/s1. The number of rotatable bonds is 4. The largest absolute Gasteiger partial charge is 0.325 e. The number of amides is 1. The fraction of sp³-hybridized carbons (Fsp3) is 0.368. The van der Waals surface area contributed by atoms with Gasteiger partial charge in [0.2, 0.25) is 11.1 Å². The molecule has 6 nitrogen and oxygen atoms in total. The van der Waals surface area contributed by atoms with E-state index in [-0.39, 0.29) is 11.2 Å². The zero-order valence-corrected chi connectivity index (χ0v) is 16.7. The number of anilines is 1. The first-order valence-corrected chi connectivity index (χ1v) is 9.39. The maximum absolute atomic E-state index is 12.6. The lowest BCUT2D eigenvalue weighted by atomic mass is 10.1. The number of fused-ring (bicyclic) bond motifs is 1. The first-order valence-electron chi connectivity index (χ1n) is 8.51. The predicted molar refractivity (Wildman–Crippen MR) is 105 cm³/mol. The van der Waals surface area contributed by atoms with Gasteiger partial charge in [-0.25, -0.2) is 9.50 Å². The molecule has 0 aliphatic carbocycles. The monoisotopic (exact) mass is 369 g/mol. The smallest absolute Gasteiger partial charge is 0.253 e. The summed E-state index contributed by atoms with van der Waals surface area (Å²) < 4.78 is 1.70. The van der Waals surface area contributed by atoms with Crippen LogP contribution in [0.3, 0.4) is 0 Å². The van der Waals surface area contributed by atoms with Crippen molar-refractivity contribution in [3.05, 3.63) is 46.3 Å². The Morgan fingerprint density at radius 1 is 1.08 bits per heavy atom. The minimum atomic E-state index is -0.325. The summed E-state index contributed by atoms with van der Waals surface area (Å²) in [6.45, 7) is 11.8. The normalized spacial score (nSPS) is 12.4. The van der Waals surface area contributed by atoms with Crippen molar-refractivity contribution in [1.29, 1.82) is 0 Å². The average Bonchev–Trinajstić information content (AvgIpc) is 2.93. The molecular weight excluding hydrogens is 346 g/mol. The summed E-state index contributed by atoms with van der Waals surface area (Å²) in [7, 11) is 0. The lowest BCUT2D eigenvalue weighted by Gasteiger charge is -2.15. The molecule has 0 unspecified atom stereocenters. The number of nitrogens with zero attached hydrogens (tertiary/aromatic N) is 4. The second kappa shape index (κ2) is 7.07. The van der Waals surface area contributed by atoms with Crippen LogP contribution in [0, 0.1) is 34.6 Å². The summed E-state index contributed by atoms with van der Waals surface area (Å²) in [4.78, 5) is 21.5. The number of aryl methyl sites for hydroxylation is 5. The number of carbonyl (C=O) groups excluding carboxylic acids is 1. The van der Waals surface area contributed by atoms with Gasteiger partial charge in [0.25, 0.3) is 5.78 Å². The lowest BCUT2D eigenvalue weighted by molar-refractivity contribution is -0.115. The Balaban J connectivity index is 1.77. The van der Waals surface area contributed by atoms with Crippen molar-refractivity contribution in [2.75, 3.05) is 5.32 Å². The summed E-state index contributed by atoms with van der Waals surface area (Å²) in [5.41, 5.74) is 6.06. The van der Waals surface area contributed by atoms with Crippen LogP contribution in [0.2, 0.25) is 0 Å². The Hall–Kier alpha value is -2.41. The second-order valence-electron chi connectivity index (χ2n) is 6.67. The molecule has 0 bridgehead atoms. The third kappa shape index (κ3) is 3.72. The van der Waals surface area contributed by atoms with Crippen LogP contribution in [-0.2, 0) is 4.79 Å². The second-order valence-corrected chi connectivity index (χ2v) is 7.98. The van der Waals surface area contributed by atoms with Crippen LogP contribution in [0.15, 0.2) is 23.4 Å². The van der Waals surface area contributed by atoms with Crippen molar-refractivity contribution < 1.29 is 4.79 Å².